The van der Waals surface area contributed by atoms with Gasteiger partial charge in [-0.3, -0.25) is 0 Å². The van der Waals surface area contributed by atoms with Gasteiger partial charge in [-0.05, 0) is 17.7 Å². The maximum absolute atomic E-state index is 6.06. The first-order valence-electron chi connectivity index (χ1n) is 3.99. The molecule has 0 unspecified atom stereocenters. The molecule has 1 aliphatic heterocycles. The summed E-state index contributed by atoms with van der Waals surface area (Å²) in [5.74, 6) is 1.13. The maximum Gasteiger partial charge on any atom is 0.0462 e. The molecule has 1 N–H and O–H groups in total. The average Bonchev–Trinajstić information content (AvgIpc) is 2.30. The molecule has 72 valence electrons. The molecule has 1 nitrogen and oxygen atoms in total. The maximum atomic E-state index is 6.06. The molecule has 1 aromatic rings. The predicted molar refractivity (Wildman–Crippen MR) is 61.1 cm³/mol. The van der Waals surface area contributed by atoms with Gasteiger partial charge in [0.25, 0.3) is 0 Å². The van der Waals surface area contributed by atoms with Crippen LogP contribution in [-0.4, -0.2) is 12.3 Å². The van der Waals surface area contributed by atoms with Crippen molar-refractivity contribution in [3.63, 3.8) is 0 Å². The van der Waals surface area contributed by atoms with Gasteiger partial charge >= 0.3 is 0 Å². The summed E-state index contributed by atoms with van der Waals surface area (Å²) in [6, 6.07) is 6.10. The third kappa shape index (κ3) is 2.53. The van der Waals surface area contributed by atoms with Crippen LogP contribution in [0, 0.1) is 0 Å². The Hall–Kier alpha value is 0.110. The van der Waals surface area contributed by atoms with Crippen molar-refractivity contribution in [1.29, 1.82) is 0 Å². The summed E-state index contributed by atoms with van der Waals surface area (Å²) < 4.78 is 0. The molecule has 0 saturated heterocycles. The van der Waals surface area contributed by atoms with Crippen LogP contribution in [-0.2, 0) is 6.54 Å². The molecular formula is C9H11Cl2NS. The molecule has 0 amide bonds. The van der Waals surface area contributed by atoms with Crippen molar-refractivity contribution >= 4 is 35.8 Å². The fraction of sp³-hybridized carbons (Fsp3) is 0.333. The molecule has 0 bridgehead atoms. The van der Waals surface area contributed by atoms with Crippen molar-refractivity contribution in [3.8, 4) is 0 Å². The molecular weight excluding hydrogens is 225 g/mol. The quantitative estimate of drug-likeness (QED) is 0.743. The smallest absolute Gasteiger partial charge is 0.0462 e. The number of nitrogens with one attached hydrogen (secondary N) is 1. The fourth-order valence-corrected chi connectivity index (χ4v) is 2.59. The van der Waals surface area contributed by atoms with Crippen molar-refractivity contribution in [1.82, 2.24) is 5.32 Å². The van der Waals surface area contributed by atoms with E-state index >= 15 is 0 Å². The molecule has 2 rings (SSSR count). The molecule has 0 saturated carbocycles. The zero-order valence-corrected chi connectivity index (χ0v) is 9.44. The molecule has 0 radical (unpaired) electrons. The summed E-state index contributed by atoms with van der Waals surface area (Å²) in [6.07, 6.45) is 0. The zero-order valence-electron chi connectivity index (χ0n) is 7.05. The van der Waals surface area contributed by atoms with Crippen molar-refractivity contribution in [2.24, 2.45) is 0 Å². The number of hydrogen-bond donors (Lipinski definition) is 1. The third-order valence-electron chi connectivity index (χ3n) is 1.91. The van der Waals surface area contributed by atoms with Crippen LogP contribution >= 0.6 is 35.8 Å². The lowest BCUT2D eigenvalue weighted by molar-refractivity contribution is 0.732. The van der Waals surface area contributed by atoms with Gasteiger partial charge in [-0.2, -0.15) is 0 Å². The minimum atomic E-state index is 0. The van der Waals surface area contributed by atoms with Gasteiger partial charge < -0.3 is 5.32 Å². The molecule has 0 spiro atoms. The third-order valence-corrected chi connectivity index (χ3v) is 3.37. The lowest BCUT2D eigenvalue weighted by Crippen LogP contribution is -2.14. The highest BCUT2D eigenvalue weighted by Gasteiger charge is 2.09. The first-order chi connectivity index (χ1) is 5.88. The molecule has 1 aromatic carbocycles. The second-order valence-corrected chi connectivity index (χ2v) is 4.29. The van der Waals surface area contributed by atoms with Gasteiger partial charge in [-0.15, -0.1) is 24.2 Å². The molecule has 1 heterocycles. The van der Waals surface area contributed by atoms with Crippen molar-refractivity contribution in [2.75, 3.05) is 12.3 Å². The van der Waals surface area contributed by atoms with E-state index in [0.29, 0.717) is 0 Å². The van der Waals surface area contributed by atoms with E-state index in [0.717, 1.165) is 23.9 Å². The first-order valence-corrected chi connectivity index (χ1v) is 5.35. The van der Waals surface area contributed by atoms with Crippen LogP contribution in [0.4, 0.5) is 0 Å². The Balaban J connectivity index is 0.000000845. The Morgan fingerprint density at radius 1 is 1.38 bits per heavy atom. The van der Waals surface area contributed by atoms with E-state index < -0.39 is 0 Å². The van der Waals surface area contributed by atoms with Crippen LogP contribution in [0.25, 0.3) is 0 Å². The van der Waals surface area contributed by atoms with Crippen LogP contribution in [0.3, 0.4) is 0 Å². The minimum Gasteiger partial charge on any atom is -0.312 e. The van der Waals surface area contributed by atoms with Crippen molar-refractivity contribution < 1.29 is 0 Å². The Bertz CT molecular complexity index is 291. The van der Waals surface area contributed by atoms with E-state index in [2.05, 4.69) is 11.4 Å². The summed E-state index contributed by atoms with van der Waals surface area (Å²) >= 11 is 7.94. The summed E-state index contributed by atoms with van der Waals surface area (Å²) in [5, 5.41) is 4.22. The number of rotatable bonds is 0. The molecule has 0 fully saturated rings. The monoisotopic (exact) mass is 235 g/mol. The largest absolute Gasteiger partial charge is 0.312 e. The van der Waals surface area contributed by atoms with Crippen molar-refractivity contribution in [3.05, 3.63) is 28.8 Å². The van der Waals surface area contributed by atoms with Gasteiger partial charge in [0.2, 0.25) is 0 Å². The molecule has 0 aromatic heterocycles. The summed E-state index contributed by atoms with van der Waals surface area (Å²) in [5.41, 5.74) is 1.25. The Morgan fingerprint density at radius 2 is 2.23 bits per heavy atom. The number of halogens is 2. The van der Waals surface area contributed by atoms with Gasteiger partial charge in [-0.25, -0.2) is 0 Å². The van der Waals surface area contributed by atoms with Crippen LogP contribution in [0.2, 0.25) is 5.02 Å². The van der Waals surface area contributed by atoms with Gasteiger partial charge in [0.1, 0.15) is 0 Å². The highest BCUT2D eigenvalue weighted by Crippen LogP contribution is 2.29. The van der Waals surface area contributed by atoms with E-state index in [4.69, 9.17) is 11.6 Å². The van der Waals surface area contributed by atoms with Gasteiger partial charge in [0.15, 0.2) is 0 Å². The molecule has 0 atom stereocenters. The lowest BCUT2D eigenvalue weighted by Gasteiger charge is -2.05. The lowest BCUT2D eigenvalue weighted by atomic mass is 10.2. The van der Waals surface area contributed by atoms with E-state index in [-0.39, 0.29) is 12.4 Å². The van der Waals surface area contributed by atoms with Gasteiger partial charge in [-0.1, -0.05) is 17.7 Å². The summed E-state index contributed by atoms with van der Waals surface area (Å²) in [7, 11) is 0. The Kier molecular flexibility index (Phi) is 4.39. The molecule has 13 heavy (non-hydrogen) atoms. The van der Waals surface area contributed by atoms with Gasteiger partial charge in [0, 0.05) is 28.8 Å². The molecule has 1 aliphatic rings. The number of benzene rings is 1. The highest BCUT2D eigenvalue weighted by molar-refractivity contribution is 7.99. The molecule has 0 aliphatic carbocycles. The van der Waals surface area contributed by atoms with Crippen LogP contribution in [0.1, 0.15) is 5.56 Å². The normalized spacial score (nSPS) is 15.5. The summed E-state index contributed by atoms with van der Waals surface area (Å²) in [6.45, 7) is 1.97. The average molecular weight is 236 g/mol. The number of hydrogen-bond acceptors (Lipinski definition) is 2. The van der Waals surface area contributed by atoms with E-state index in [1.807, 2.05) is 23.9 Å². The van der Waals surface area contributed by atoms with E-state index in [1.54, 1.807) is 0 Å². The van der Waals surface area contributed by atoms with Crippen LogP contribution in [0.15, 0.2) is 23.1 Å². The first kappa shape index (κ1) is 11.2. The van der Waals surface area contributed by atoms with Gasteiger partial charge in [0.05, 0.1) is 0 Å². The highest BCUT2D eigenvalue weighted by atomic mass is 35.5. The predicted octanol–water partition coefficient (Wildman–Crippen LogP) is 2.96. The van der Waals surface area contributed by atoms with Crippen LogP contribution < -0.4 is 5.32 Å². The number of fused-ring (bicyclic) bond motifs is 1. The zero-order chi connectivity index (χ0) is 8.39. The van der Waals surface area contributed by atoms with E-state index in [9.17, 15) is 0 Å². The molecule has 4 heteroatoms. The SMILES string of the molecule is Cl.Clc1cccc2c1CNCCS2. The van der Waals surface area contributed by atoms with E-state index in [1.165, 1.54) is 10.5 Å². The number of thioether (sulfide) groups is 1. The van der Waals surface area contributed by atoms with Crippen molar-refractivity contribution in [2.45, 2.75) is 11.4 Å². The minimum absolute atomic E-state index is 0. The van der Waals surface area contributed by atoms with Crippen LogP contribution in [0.5, 0.6) is 0 Å². The topological polar surface area (TPSA) is 12.0 Å². The standard InChI is InChI=1S/C9H10ClNS.ClH/c10-8-2-1-3-9-7(8)6-11-4-5-12-9;/h1-3,11H,4-6H2;1H. The second kappa shape index (κ2) is 5.11. The Morgan fingerprint density at radius 3 is 3.08 bits per heavy atom. The summed E-state index contributed by atoms with van der Waals surface area (Å²) in [4.78, 5) is 1.33. The second-order valence-electron chi connectivity index (χ2n) is 2.74. The Labute approximate surface area is 93.6 Å². The fourth-order valence-electron chi connectivity index (χ4n) is 1.29.